The van der Waals surface area contributed by atoms with Crippen LogP contribution < -0.4 is 5.32 Å². The minimum atomic E-state index is -0.827. The van der Waals surface area contributed by atoms with E-state index < -0.39 is 5.97 Å². The van der Waals surface area contributed by atoms with E-state index in [1.54, 1.807) is 18.2 Å². The van der Waals surface area contributed by atoms with Crippen molar-refractivity contribution >= 4 is 40.8 Å². The Bertz CT molecular complexity index is 524. The van der Waals surface area contributed by atoms with Crippen LogP contribution in [-0.4, -0.2) is 41.5 Å². The number of carbonyl (C=O) groups is 2. The molecule has 0 fully saturated rings. The first-order chi connectivity index (χ1) is 10.4. The van der Waals surface area contributed by atoms with Crippen LogP contribution in [0.5, 0.6) is 0 Å². The van der Waals surface area contributed by atoms with Crippen LogP contribution in [0.4, 0.5) is 5.69 Å². The van der Waals surface area contributed by atoms with Crippen LogP contribution in [0.1, 0.15) is 26.2 Å². The molecule has 0 aliphatic carbocycles. The zero-order chi connectivity index (χ0) is 16.5. The molecule has 1 amide bonds. The lowest BCUT2D eigenvalue weighted by Crippen LogP contribution is -2.34. The Morgan fingerprint density at radius 3 is 2.64 bits per heavy atom. The Kier molecular flexibility index (Phi) is 8.24. The average Bonchev–Trinajstić information content (AvgIpc) is 2.42. The van der Waals surface area contributed by atoms with Gasteiger partial charge in [-0.1, -0.05) is 30.1 Å². The van der Waals surface area contributed by atoms with Crippen LogP contribution in [0.3, 0.4) is 0 Å². The molecule has 0 saturated carbocycles. The Morgan fingerprint density at radius 1 is 1.27 bits per heavy atom. The lowest BCUT2D eigenvalue weighted by molar-refractivity contribution is -0.137. The maximum Gasteiger partial charge on any atom is 0.303 e. The molecule has 1 aromatic carbocycles. The SMILES string of the molecule is CCCN(CCCC(=O)O)CC(=O)Nc1cc(Cl)ccc1Cl. The Labute approximate surface area is 140 Å². The van der Waals surface area contributed by atoms with Crippen molar-refractivity contribution in [2.24, 2.45) is 0 Å². The number of aliphatic carboxylic acids is 1. The number of nitrogens with zero attached hydrogens (tertiary/aromatic N) is 1. The summed E-state index contributed by atoms with van der Waals surface area (Å²) in [5.41, 5.74) is 0.473. The van der Waals surface area contributed by atoms with Crippen LogP contribution in [-0.2, 0) is 9.59 Å². The molecule has 0 unspecified atom stereocenters. The van der Waals surface area contributed by atoms with Crippen LogP contribution in [0.25, 0.3) is 0 Å². The monoisotopic (exact) mass is 346 g/mol. The van der Waals surface area contributed by atoms with Gasteiger partial charge >= 0.3 is 5.97 Å². The first kappa shape index (κ1) is 18.7. The summed E-state index contributed by atoms with van der Waals surface area (Å²) in [6.07, 6.45) is 1.50. The van der Waals surface area contributed by atoms with E-state index in [1.807, 2.05) is 11.8 Å². The van der Waals surface area contributed by atoms with E-state index in [2.05, 4.69) is 5.32 Å². The molecule has 7 heteroatoms. The molecule has 0 aliphatic rings. The van der Waals surface area contributed by atoms with Gasteiger partial charge in [-0.05, 0) is 44.1 Å². The summed E-state index contributed by atoms with van der Waals surface area (Å²) < 4.78 is 0. The maximum atomic E-state index is 12.1. The van der Waals surface area contributed by atoms with E-state index in [0.717, 1.165) is 13.0 Å². The van der Waals surface area contributed by atoms with Gasteiger partial charge < -0.3 is 10.4 Å². The highest BCUT2D eigenvalue weighted by Gasteiger charge is 2.12. The molecular formula is C15H20Cl2N2O3. The maximum absolute atomic E-state index is 12.1. The van der Waals surface area contributed by atoms with Crippen LogP contribution in [0.15, 0.2) is 18.2 Å². The number of halogens is 2. The minimum Gasteiger partial charge on any atom is -0.481 e. The van der Waals surface area contributed by atoms with E-state index >= 15 is 0 Å². The number of nitrogens with one attached hydrogen (secondary N) is 1. The average molecular weight is 347 g/mol. The highest BCUT2D eigenvalue weighted by molar-refractivity contribution is 6.35. The van der Waals surface area contributed by atoms with Gasteiger partial charge in [-0.15, -0.1) is 0 Å². The molecule has 1 rings (SSSR count). The molecule has 0 heterocycles. The van der Waals surface area contributed by atoms with Gasteiger partial charge in [0.05, 0.1) is 17.3 Å². The van der Waals surface area contributed by atoms with Crippen molar-refractivity contribution < 1.29 is 14.7 Å². The predicted octanol–water partition coefficient (Wildman–Crippen LogP) is 3.51. The van der Waals surface area contributed by atoms with Gasteiger partial charge in [0.2, 0.25) is 5.91 Å². The summed E-state index contributed by atoms with van der Waals surface area (Å²) >= 11 is 11.9. The summed E-state index contributed by atoms with van der Waals surface area (Å²) in [5, 5.41) is 12.3. The molecule has 122 valence electrons. The second-order valence-corrected chi connectivity index (χ2v) is 5.79. The van der Waals surface area contributed by atoms with E-state index in [0.29, 0.717) is 28.7 Å². The molecule has 1 aromatic rings. The van der Waals surface area contributed by atoms with Gasteiger partial charge in [0.15, 0.2) is 0 Å². The number of hydrogen-bond donors (Lipinski definition) is 2. The standard InChI is InChI=1S/C15H20Cl2N2O3/c1-2-7-19(8-3-4-15(21)22)10-14(20)18-13-9-11(16)5-6-12(13)17/h5-6,9H,2-4,7-8,10H2,1H3,(H,18,20)(H,21,22). The van der Waals surface area contributed by atoms with E-state index in [4.69, 9.17) is 28.3 Å². The number of benzene rings is 1. The fourth-order valence-electron chi connectivity index (χ4n) is 2.03. The molecule has 0 aromatic heterocycles. The molecule has 5 nitrogen and oxygen atoms in total. The number of carboxylic acids is 1. The molecule has 0 radical (unpaired) electrons. The normalized spacial score (nSPS) is 10.7. The molecule has 0 spiro atoms. The fourth-order valence-corrected chi connectivity index (χ4v) is 2.36. The highest BCUT2D eigenvalue weighted by Crippen LogP contribution is 2.25. The third kappa shape index (κ3) is 7.11. The second-order valence-electron chi connectivity index (χ2n) is 4.95. The zero-order valence-electron chi connectivity index (χ0n) is 12.4. The number of carboxylic acid groups (broad SMARTS) is 1. The molecule has 0 saturated heterocycles. The topological polar surface area (TPSA) is 69.6 Å². The molecule has 0 atom stereocenters. The minimum absolute atomic E-state index is 0.0992. The number of anilines is 1. The van der Waals surface area contributed by atoms with Crippen molar-refractivity contribution in [2.45, 2.75) is 26.2 Å². The third-order valence-corrected chi connectivity index (χ3v) is 3.54. The number of amides is 1. The smallest absolute Gasteiger partial charge is 0.303 e. The zero-order valence-corrected chi connectivity index (χ0v) is 14.0. The van der Waals surface area contributed by atoms with E-state index in [1.165, 1.54) is 0 Å². The summed E-state index contributed by atoms with van der Waals surface area (Å²) in [7, 11) is 0. The number of carbonyl (C=O) groups excluding carboxylic acids is 1. The Balaban J connectivity index is 2.55. The first-order valence-electron chi connectivity index (χ1n) is 7.11. The summed E-state index contributed by atoms with van der Waals surface area (Å²) in [5.74, 6) is -1.03. The quantitative estimate of drug-likeness (QED) is 0.717. The largest absolute Gasteiger partial charge is 0.481 e. The van der Waals surface area contributed by atoms with Gasteiger partial charge in [0, 0.05) is 11.4 Å². The third-order valence-electron chi connectivity index (χ3n) is 2.97. The van der Waals surface area contributed by atoms with Gasteiger partial charge in [-0.25, -0.2) is 0 Å². The van der Waals surface area contributed by atoms with Gasteiger partial charge in [-0.3, -0.25) is 14.5 Å². The molecular weight excluding hydrogens is 327 g/mol. The van der Waals surface area contributed by atoms with Crippen molar-refractivity contribution in [3.8, 4) is 0 Å². The Morgan fingerprint density at radius 2 is 2.00 bits per heavy atom. The highest BCUT2D eigenvalue weighted by atomic mass is 35.5. The van der Waals surface area contributed by atoms with Gasteiger partial charge in [0.25, 0.3) is 0 Å². The molecule has 0 bridgehead atoms. The van der Waals surface area contributed by atoms with Gasteiger partial charge in [0.1, 0.15) is 0 Å². The lowest BCUT2D eigenvalue weighted by atomic mass is 10.2. The fraction of sp³-hybridized carbons (Fsp3) is 0.467. The number of rotatable bonds is 9. The predicted molar refractivity (Wildman–Crippen MR) is 88.7 cm³/mol. The van der Waals surface area contributed by atoms with E-state index in [9.17, 15) is 9.59 Å². The molecule has 2 N–H and O–H groups in total. The van der Waals surface area contributed by atoms with Crippen molar-refractivity contribution in [3.05, 3.63) is 28.2 Å². The lowest BCUT2D eigenvalue weighted by Gasteiger charge is -2.21. The van der Waals surface area contributed by atoms with Crippen molar-refractivity contribution in [1.82, 2.24) is 4.90 Å². The second kappa shape index (κ2) is 9.66. The van der Waals surface area contributed by atoms with Crippen LogP contribution >= 0.6 is 23.2 Å². The van der Waals surface area contributed by atoms with Crippen LogP contribution in [0, 0.1) is 0 Å². The number of hydrogen-bond acceptors (Lipinski definition) is 3. The summed E-state index contributed by atoms with van der Waals surface area (Å²) in [6, 6.07) is 4.86. The Hall–Kier alpha value is -1.30. The van der Waals surface area contributed by atoms with Crippen molar-refractivity contribution in [2.75, 3.05) is 25.0 Å². The van der Waals surface area contributed by atoms with Crippen molar-refractivity contribution in [3.63, 3.8) is 0 Å². The molecule has 22 heavy (non-hydrogen) atoms. The van der Waals surface area contributed by atoms with Crippen molar-refractivity contribution in [1.29, 1.82) is 0 Å². The molecule has 0 aliphatic heterocycles. The summed E-state index contributed by atoms with van der Waals surface area (Å²) in [6.45, 7) is 3.50. The van der Waals surface area contributed by atoms with Crippen LogP contribution in [0.2, 0.25) is 10.0 Å². The first-order valence-corrected chi connectivity index (χ1v) is 7.87. The summed E-state index contributed by atoms with van der Waals surface area (Å²) in [4.78, 5) is 24.6. The van der Waals surface area contributed by atoms with Gasteiger partial charge in [-0.2, -0.15) is 0 Å². The van der Waals surface area contributed by atoms with E-state index in [-0.39, 0.29) is 18.9 Å².